The fourth-order valence-corrected chi connectivity index (χ4v) is 1.81. The van der Waals surface area contributed by atoms with E-state index in [4.69, 9.17) is 11.6 Å². The minimum Gasteiger partial charge on any atom is -0.465 e. The van der Waals surface area contributed by atoms with Crippen molar-refractivity contribution < 1.29 is 27.5 Å². The fraction of sp³-hybridized carbons (Fsp3) is 0.250. The predicted octanol–water partition coefficient (Wildman–Crippen LogP) is 3.63. The van der Waals surface area contributed by atoms with E-state index in [-0.39, 0.29) is 22.0 Å². The Kier molecular flexibility index (Phi) is 7.05. The Morgan fingerprint density at radius 2 is 1.92 bits per heavy atom. The lowest BCUT2D eigenvalue weighted by Crippen LogP contribution is -2.21. The second-order valence-corrected chi connectivity index (χ2v) is 5.48. The van der Waals surface area contributed by atoms with E-state index < -0.39 is 17.9 Å². The van der Waals surface area contributed by atoms with Crippen LogP contribution in [-0.2, 0) is 9.53 Å². The molecule has 0 saturated carbocycles. The Hall–Kier alpha value is -2.48. The SMILES string of the molecule is COC(=O)c1ccc(Cl)cc1NC(/C=C/N(C)C)=C/C(=O)C(F)(F)F. The van der Waals surface area contributed by atoms with E-state index in [9.17, 15) is 22.8 Å². The molecule has 0 radical (unpaired) electrons. The number of methoxy groups -OCH3 is 1. The normalized spacial score (nSPS) is 12.2. The van der Waals surface area contributed by atoms with Crippen LogP contribution in [0.3, 0.4) is 0 Å². The van der Waals surface area contributed by atoms with Crippen molar-refractivity contribution >= 4 is 29.0 Å². The third-order valence-corrected chi connectivity index (χ3v) is 3.02. The number of benzene rings is 1. The van der Waals surface area contributed by atoms with Gasteiger partial charge in [0.05, 0.1) is 18.4 Å². The molecule has 0 aliphatic carbocycles. The van der Waals surface area contributed by atoms with Crippen molar-refractivity contribution in [3.63, 3.8) is 0 Å². The predicted molar refractivity (Wildman–Crippen MR) is 88.4 cm³/mol. The molecule has 136 valence electrons. The lowest BCUT2D eigenvalue weighted by atomic mass is 10.1. The largest absolute Gasteiger partial charge is 0.465 e. The summed E-state index contributed by atoms with van der Waals surface area (Å²) in [5.74, 6) is -2.75. The van der Waals surface area contributed by atoms with Gasteiger partial charge in [0.15, 0.2) is 0 Å². The summed E-state index contributed by atoms with van der Waals surface area (Å²) < 4.78 is 42.2. The average molecular weight is 377 g/mol. The molecule has 1 aromatic rings. The first-order valence-electron chi connectivity index (χ1n) is 6.87. The summed E-state index contributed by atoms with van der Waals surface area (Å²) in [5.41, 5.74) is -0.0251. The third-order valence-electron chi connectivity index (χ3n) is 2.78. The zero-order chi connectivity index (χ0) is 19.2. The molecule has 0 amide bonds. The smallest absolute Gasteiger partial charge is 0.454 e. The number of nitrogens with zero attached hydrogens (tertiary/aromatic N) is 1. The van der Waals surface area contributed by atoms with E-state index in [0.29, 0.717) is 6.08 Å². The van der Waals surface area contributed by atoms with Gasteiger partial charge in [-0.2, -0.15) is 13.2 Å². The van der Waals surface area contributed by atoms with E-state index >= 15 is 0 Å². The molecule has 1 N–H and O–H groups in total. The fourth-order valence-electron chi connectivity index (χ4n) is 1.64. The standard InChI is InChI=1S/C16H16ClF3N2O3/c1-22(2)7-6-11(9-14(23)16(18,19)20)21-13-8-10(17)4-5-12(13)15(24)25-3/h4-9,21H,1-3H3/b7-6+,11-9+. The quantitative estimate of drug-likeness (QED) is 0.467. The summed E-state index contributed by atoms with van der Waals surface area (Å²) in [6, 6.07) is 4.12. The molecule has 0 aliphatic rings. The van der Waals surface area contributed by atoms with Gasteiger partial charge in [-0.3, -0.25) is 4.79 Å². The molecule has 0 unspecified atom stereocenters. The monoisotopic (exact) mass is 376 g/mol. The van der Waals surface area contributed by atoms with Crippen LogP contribution in [0.4, 0.5) is 18.9 Å². The summed E-state index contributed by atoms with van der Waals surface area (Å²) in [6.45, 7) is 0. The maximum atomic E-state index is 12.5. The van der Waals surface area contributed by atoms with Crippen LogP contribution in [0.25, 0.3) is 0 Å². The highest BCUT2D eigenvalue weighted by Crippen LogP contribution is 2.24. The number of rotatable bonds is 6. The van der Waals surface area contributed by atoms with Crippen molar-refractivity contribution in [2.75, 3.05) is 26.5 Å². The van der Waals surface area contributed by atoms with Crippen molar-refractivity contribution in [3.05, 3.63) is 52.8 Å². The number of allylic oxidation sites excluding steroid dienone is 2. The minimum atomic E-state index is -5.02. The summed E-state index contributed by atoms with van der Waals surface area (Å²) in [4.78, 5) is 24.6. The summed E-state index contributed by atoms with van der Waals surface area (Å²) in [5, 5.41) is 2.85. The molecule has 1 aromatic carbocycles. The Morgan fingerprint density at radius 3 is 2.44 bits per heavy atom. The zero-order valence-electron chi connectivity index (χ0n) is 13.6. The summed E-state index contributed by atoms with van der Waals surface area (Å²) in [6.07, 6.45) is -1.93. The molecular weight excluding hydrogens is 361 g/mol. The van der Waals surface area contributed by atoms with Gasteiger partial charge < -0.3 is 15.0 Å². The van der Waals surface area contributed by atoms with Crippen molar-refractivity contribution in [1.82, 2.24) is 4.90 Å². The first-order chi connectivity index (χ1) is 11.5. The number of ketones is 1. The lowest BCUT2D eigenvalue weighted by molar-refractivity contribution is -0.165. The van der Waals surface area contributed by atoms with Gasteiger partial charge in [0.25, 0.3) is 5.78 Å². The molecule has 0 bridgehead atoms. The van der Waals surface area contributed by atoms with Crippen LogP contribution in [0.1, 0.15) is 10.4 Å². The van der Waals surface area contributed by atoms with Crippen LogP contribution < -0.4 is 5.32 Å². The number of anilines is 1. The number of carbonyl (C=O) groups excluding carboxylic acids is 2. The van der Waals surface area contributed by atoms with Gasteiger partial charge >= 0.3 is 12.1 Å². The van der Waals surface area contributed by atoms with Crippen LogP contribution in [-0.4, -0.2) is 44.0 Å². The molecule has 9 heteroatoms. The van der Waals surface area contributed by atoms with E-state index in [1.165, 1.54) is 30.5 Å². The first kappa shape index (κ1) is 20.6. The van der Waals surface area contributed by atoms with E-state index in [1.54, 1.807) is 19.0 Å². The Labute approximate surface area is 147 Å². The van der Waals surface area contributed by atoms with Crippen molar-refractivity contribution in [2.24, 2.45) is 0 Å². The number of halogens is 4. The number of hydrogen-bond donors (Lipinski definition) is 1. The maximum absolute atomic E-state index is 12.5. The van der Waals surface area contributed by atoms with Gasteiger partial charge in [-0.25, -0.2) is 4.79 Å². The van der Waals surface area contributed by atoms with Gasteiger partial charge in [-0.15, -0.1) is 0 Å². The van der Waals surface area contributed by atoms with Crippen molar-refractivity contribution in [3.8, 4) is 0 Å². The van der Waals surface area contributed by atoms with Crippen LogP contribution in [0.2, 0.25) is 5.02 Å². The molecule has 1 rings (SSSR count). The average Bonchev–Trinajstić information content (AvgIpc) is 2.51. The van der Waals surface area contributed by atoms with Gasteiger partial charge in [0.1, 0.15) is 0 Å². The molecule has 0 spiro atoms. The highest BCUT2D eigenvalue weighted by Gasteiger charge is 2.36. The topological polar surface area (TPSA) is 58.6 Å². The van der Waals surface area contributed by atoms with Crippen LogP contribution in [0, 0.1) is 0 Å². The second-order valence-electron chi connectivity index (χ2n) is 5.05. The molecule has 0 aliphatic heterocycles. The van der Waals surface area contributed by atoms with Crippen LogP contribution in [0.15, 0.2) is 42.2 Å². The van der Waals surface area contributed by atoms with Gasteiger partial charge in [-0.1, -0.05) is 11.6 Å². The first-order valence-corrected chi connectivity index (χ1v) is 7.24. The molecule has 0 fully saturated rings. The van der Waals surface area contributed by atoms with E-state index in [1.807, 2.05) is 0 Å². The number of ether oxygens (including phenoxy) is 1. The van der Waals surface area contributed by atoms with Crippen molar-refractivity contribution in [2.45, 2.75) is 6.18 Å². The molecule has 0 aromatic heterocycles. The maximum Gasteiger partial charge on any atom is 0.454 e. The molecule has 0 heterocycles. The molecular formula is C16H16ClF3N2O3. The Morgan fingerprint density at radius 1 is 1.28 bits per heavy atom. The second kappa shape index (κ2) is 8.57. The molecule has 0 atom stereocenters. The molecule has 5 nitrogen and oxygen atoms in total. The third kappa shape index (κ3) is 6.50. The minimum absolute atomic E-state index is 0.0514. The van der Waals surface area contributed by atoms with Crippen LogP contribution in [0.5, 0.6) is 0 Å². The van der Waals surface area contributed by atoms with Gasteiger partial charge in [0.2, 0.25) is 0 Å². The highest BCUT2D eigenvalue weighted by molar-refractivity contribution is 6.31. The number of nitrogens with one attached hydrogen (secondary N) is 1. The lowest BCUT2D eigenvalue weighted by Gasteiger charge is -2.13. The van der Waals surface area contributed by atoms with Crippen LogP contribution >= 0.6 is 11.6 Å². The Balaban J connectivity index is 3.31. The number of alkyl halides is 3. The highest BCUT2D eigenvalue weighted by atomic mass is 35.5. The van der Waals surface area contributed by atoms with E-state index in [2.05, 4.69) is 10.1 Å². The number of esters is 1. The summed E-state index contributed by atoms with van der Waals surface area (Å²) >= 11 is 5.87. The number of carbonyl (C=O) groups is 2. The van der Waals surface area contributed by atoms with E-state index in [0.717, 1.165) is 7.11 Å². The zero-order valence-corrected chi connectivity index (χ0v) is 14.4. The number of hydrogen-bond acceptors (Lipinski definition) is 5. The summed E-state index contributed by atoms with van der Waals surface area (Å²) in [7, 11) is 4.47. The molecule has 25 heavy (non-hydrogen) atoms. The van der Waals surface area contributed by atoms with Gasteiger partial charge in [0, 0.05) is 37.1 Å². The Bertz CT molecular complexity index is 713. The molecule has 0 saturated heterocycles. The van der Waals surface area contributed by atoms with Gasteiger partial charge in [-0.05, 0) is 24.3 Å². The van der Waals surface area contributed by atoms with Crippen molar-refractivity contribution in [1.29, 1.82) is 0 Å².